The minimum Gasteiger partial charge on any atom is -0.369 e. The summed E-state index contributed by atoms with van der Waals surface area (Å²) in [6.07, 6.45) is -11.9. The van der Waals surface area contributed by atoms with Gasteiger partial charge in [0.2, 0.25) is 0 Å². The fraction of sp³-hybridized carbons (Fsp3) is 0.167. The number of hydrogen-bond donors (Lipinski definition) is 1. The third kappa shape index (κ3) is 4.59. The summed E-state index contributed by atoms with van der Waals surface area (Å²) in [5, 5.41) is 10.2. The van der Waals surface area contributed by atoms with Crippen molar-refractivity contribution in [3.8, 4) is 5.69 Å². The largest absolute Gasteiger partial charge is 0.430 e. The molecule has 188 valence electrons. The van der Waals surface area contributed by atoms with Crippen LogP contribution in [0.1, 0.15) is 17.0 Å². The zero-order chi connectivity index (χ0) is 26.5. The highest BCUT2D eigenvalue weighted by atomic mass is 127. The van der Waals surface area contributed by atoms with Gasteiger partial charge in [0.25, 0.3) is 11.2 Å². The average molecular weight is 639 g/mol. The molecule has 0 atom stereocenters. The predicted molar refractivity (Wildman–Crippen MR) is 130 cm³/mol. The Labute approximate surface area is 218 Å². The van der Waals surface area contributed by atoms with Gasteiger partial charge in [-0.2, -0.15) is 26.3 Å². The summed E-state index contributed by atoms with van der Waals surface area (Å²) >= 11 is 8.10. The number of benzene rings is 3. The molecule has 0 radical (unpaired) electrons. The van der Waals surface area contributed by atoms with Crippen LogP contribution in [0, 0.1) is 3.57 Å². The Kier molecular flexibility index (Phi) is 6.86. The summed E-state index contributed by atoms with van der Waals surface area (Å²) in [5.74, 6) is 0.186. The number of alkyl halides is 6. The lowest BCUT2D eigenvalue weighted by atomic mass is 9.92. The summed E-state index contributed by atoms with van der Waals surface area (Å²) in [6, 6.07) is 14.7. The Bertz CT molecular complexity index is 1470. The van der Waals surface area contributed by atoms with Crippen molar-refractivity contribution in [1.29, 1.82) is 0 Å². The van der Waals surface area contributed by atoms with Crippen molar-refractivity contribution >= 4 is 45.1 Å². The van der Waals surface area contributed by atoms with Crippen LogP contribution in [0.25, 0.3) is 16.6 Å². The van der Waals surface area contributed by atoms with E-state index in [1.165, 1.54) is 12.1 Å². The molecule has 4 nitrogen and oxygen atoms in total. The van der Waals surface area contributed by atoms with Gasteiger partial charge in [-0.1, -0.05) is 54.1 Å². The number of aromatic nitrogens is 2. The SMILES string of the molecule is O=c1c2cc(I)c(Cl)cc2nc(Cc2ccccc2)n1-c1ccc(C(O)(C(F)(F)F)C(F)(F)F)cc1. The first kappa shape index (κ1) is 26.4. The van der Waals surface area contributed by atoms with Gasteiger partial charge in [-0.3, -0.25) is 9.36 Å². The highest BCUT2D eigenvalue weighted by molar-refractivity contribution is 14.1. The molecular formula is C24H14ClF6IN2O2. The summed E-state index contributed by atoms with van der Waals surface area (Å²) in [6.45, 7) is 0. The van der Waals surface area contributed by atoms with Crippen molar-refractivity contribution in [2.75, 3.05) is 0 Å². The fourth-order valence-electron chi connectivity index (χ4n) is 3.73. The van der Waals surface area contributed by atoms with Crippen LogP contribution in [0.15, 0.2) is 71.5 Å². The number of hydrogen-bond acceptors (Lipinski definition) is 3. The number of fused-ring (bicyclic) bond motifs is 1. The maximum atomic E-state index is 13.5. The number of aliphatic hydroxyl groups is 1. The molecule has 4 rings (SSSR count). The molecule has 12 heteroatoms. The molecule has 1 aromatic heterocycles. The maximum absolute atomic E-state index is 13.5. The Balaban J connectivity index is 1.93. The van der Waals surface area contributed by atoms with Crippen LogP contribution in [-0.2, 0) is 12.0 Å². The molecule has 1 N–H and O–H groups in total. The van der Waals surface area contributed by atoms with Crippen molar-refractivity contribution in [2.24, 2.45) is 0 Å². The number of rotatable bonds is 4. The summed E-state index contributed by atoms with van der Waals surface area (Å²) in [4.78, 5) is 18.0. The molecule has 36 heavy (non-hydrogen) atoms. The second-order valence-corrected chi connectivity index (χ2v) is 9.44. The van der Waals surface area contributed by atoms with E-state index in [1.54, 1.807) is 30.3 Å². The highest BCUT2D eigenvalue weighted by Crippen LogP contribution is 2.50. The Morgan fingerprint density at radius 2 is 1.50 bits per heavy atom. The molecule has 0 saturated heterocycles. The van der Waals surface area contributed by atoms with Gasteiger partial charge in [-0.15, -0.1) is 0 Å². The van der Waals surface area contributed by atoms with Crippen LogP contribution >= 0.6 is 34.2 Å². The van der Waals surface area contributed by atoms with Gasteiger partial charge in [0.15, 0.2) is 0 Å². The van der Waals surface area contributed by atoms with Crippen LogP contribution in [0.3, 0.4) is 0 Å². The molecular weight excluding hydrogens is 625 g/mol. The Hall–Kier alpha value is -2.64. The molecule has 0 aliphatic heterocycles. The molecule has 0 bridgehead atoms. The summed E-state index contributed by atoms with van der Waals surface area (Å²) in [7, 11) is 0. The van der Waals surface area contributed by atoms with Crippen molar-refractivity contribution in [2.45, 2.75) is 24.4 Å². The van der Waals surface area contributed by atoms with E-state index in [0.717, 1.165) is 22.3 Å². The minimum atomic E-state index is -6.03. The minimum absolute atomic E-state index is 0.0271. The van der Waals surface area contributed by atoms with Gasteiger partial charge in [-0.05, 0) is 52.4 Å². The molecule has 0 saturated carbocycles. The third-order valence-corrected chi connectivity index (χ3v) is 7.07. The van der Waals surface area contributed by atoms with E-state index in [4.69, 9.17) is 11.6 Å². The van der Waals surface area contributed by atoms with Crippen LogP contribution in [-0.4, -0.2) is 27.0 Å². The van der Waals surface area contributed by atoms with Gasteiger partial charge >= 0.3 is 12.4 Å². The molecule has 0 amide bonds. The van der Waals surface area contributed by atoms with E-state index < -0.39 is 29.1 Å². The van der Waals surface area contributed by atoms with Gasteiger partial charge in [0.1, 0.15) is 5.82 Å². The van der Waals surface area contributed by atoms with E-state index in [0.29, 0.717) is 20.7 Å². The second-order valence-electron chi connectivity index (χ2n) is 7.87. The maximum Gasteiger partial charge on any atom is 0.430 e. The highest BCUT2D eigenvalue weighted by Gasteiger charge is 2.71. The lowest BCUT2D eigenvalue weighted by molar-refractivity contribution is -0.376. The van der Waals surface area contributed by atoms with E-state index in [-0.39, 0.29) is 28.8 Å². The molecule has 0 fully saturated rings. The van der Waals surface area contributed by atoms with Gasteiger partial charge in [-0.25, -0.2) is 4.98 Å². The van der Waals surface area contributed by atoms with Crippen LogP contribution < -0.4 is 5.56 Å². The zero-order valence-corrected chi connectivity index (χ0v) is 20.7. The molecule has 0 unspecified atom stereocenters. The van der Waals surface area contributed by atoms with Crippen molar-refractivity contribution in [1.82, 2.24) is 9.55 Å². The van der Waals surface area contributed by atoms with Gasteiger partial charge in [0.05, 0.1) is 21.6 Å². The van der Waals surface area contributed by atoms with Crippen LogP contribution in [0.5, 0.6) is 0 Å². The summed E-state index contributed by atoms with van der Waals surface area (Å²) in [5.41, 5.74) is -6.08. The molecule has 1 heterocycles. The standard InChI is InChI=1S/C24H14ClF6IN2O2/c25-17-12-19-16(11-18(17)32)21(35)34(20(33-19)10-13-4-2-1-3-5-13)15-8-6-14(7-9-15)22(36,23(26,27)28)24(29,30)31/h1-9,11-12,36H,10H2. The monoisotopic (exact) mass is 638 g/mol. The van der Waals surface area contributed by atoms with Crippen molar-refractivity contribution in [3.05, 3.63) is 103 Å². The van der Waals surface area contributed by atoms with Crippen LogP contribution in [0.2, 0.25) is 5.02 Å². The van der Waals surface area contributed by atoms with E-state index in [2.05, 4.69) is 4.98 Å². The quantitative estimate of drug-likeness (QED) is 0.204. The molecule has 0 aliphatic carbocycles. The first-order chi connectivity index (χ1) is 16.7. The van der Waals surface area contributed by atoms with Crippen molar-refractivity contribution in [3.63, 3.8) is 0 Å². The predicted octanol–water partition coefficient (Wildman–Crippen LogP) is 6.55. The third-order valence-electron chi connectivity index (χ3n) is 5.55. The molecule has 4 aromatic rings. The first-order valence-electron chi connectivity index (χ1n) is 10.2. The number of nitrogens with zero attached hydrogens (tertiary/aromatic N) is 2. The van der Waals surface area contributed by atoms with Gasteiger partial charge < -0.3 is 5.11 Å². The van der Waals surface area contributed by atoms with E-state index in [9.17, 15) is 36.2 Å². The topological polar surface area (TPSA) is 55.1 Å². The molecule has 0 aliphatic rings. The van der Waals surface area contributed by atoms with E-state index >= 15 is 0 Å². The van der Waals surface area contributed by atoms with Crippen molar-refractivity contribution < 1.29 is 31.4 Å². The van der Waals surface area contributed by atoms with Gasteiger partial charge in [0, 0.05) is 15.6 Å². The Morgan fingerprint density at radius 3 is 2.06 bits per heavy atom. The average Bonchev–Trinajstić information content (AvgIpc) is 2.80. The molecule has 0 spiro atoms. The molecule has 3 aromatic carbocycles. The lowest BCUT2D eigenvalue weighted by Gasteiger charge is -2.32. The Morgan fingerprint density at radius 1 is 0.917 bits per heavy atom. The van der Waals surface area contributed by atoms with E-state index in [1.807, 2.05) is 22.6 Å². The second kappa shape index (κ2) is 9.34. The summed E-state index contributed by atoms with van der Waals surface area (Å²) < 4.78 is 81.3. The first-order valence-corrected chi connectivity index (χ1v) is 11.6. The van der Waals surface area contributed by atoms with Crippen LogP contribution in [0.4, 0.5) is 26.3 Å². The zero-order valence-electron chi connectivity index (χ0n) is 17.8. The lowest BCUT2D eigenvalue weighted by Crippen LogP contribution is -2.53. The normalized spacial score (nSPS) is 12.8. The smallest absolute Gasteiger partial charge is 0.369 e. The number of halogens is 8. The fourth-order valence-corrected chi connectivity index (χ4v) is 4.35.